The van der Waals surface area contributed by atoms with E-state index in [1.807, 2.05) is 18.2 Å². The van der Waals surface area contributed by atoms with Gasteiger partial charge in [-0.25, -0.2) is 5.43 Å². The summed E-state index contributed by atoms with van der Waals surface area (Å²) >= 11 is 3.42. The van der Waals surface area contributed by atoms with Crippen molar-refractivity contribution in [2.24, 2.45) is 5.10 Å². The average Bonchev–Trinajstić information content (AvgIpc) is 3.22. The molecule has 0 saturated heterocycles. The van der Waals surface area contributed by atoms with E-state index in [4.69, 9.17) is 4.42 Å². The molecule has 0 bridgehead atoms. The fourth-order valence-electron chi connectivity index (χ4n) is 4.18. The van der Waals surface area contributed by atoms with Gasteiger partial charge < -0.3 is 8.98 Å². The first-order valence-corrected chi connectivity index (χ1v) is 10.5. The SMILES string of the molecule is Cc1cc(/C=N/NC(=O)c2cc3cc(Br)ccc3o2)c(C)n1C1CCCCC1. The zero-order valence-electron chi connectivity index (χ0n) is 16.2. The molecule has 4 rings (SSSR count). The lowest BCUT2D eigenvalue weighted by atomic mass is 9.95. The van der Waals surface area contributed by atoms with Gasteiger partial charge in [0.05, 0.1) is 6.21 Å². The lowest BCUT2D eigenvalue weighted by molar-refractivity contribution is 0.0929. The highest BCUT2D eigenvalue weighted by Crippen LogP contribution is 2.31. The lowest BCUT2D eigenvalue weighted by Crippen LogP contribution is -2.17. The highest BCUT2D eigenvalue weighted by Gasteiger charge is 2.19. The van der Waals surface area contributed by atoms with Gasteiger partial charge in [-0.05, 0) is 57.0 Å². The normalized spacial score (nSPS) is 15.5. The third-order valence-corrected chi connectivity index (χ3v) is 6.03. The van der Waals surface area contributed by atoms with Gasteiger partial charge in [-0.3, -0.25) is 4.79 Å². The first-order valence-electron chi connectivity index (χ1n) is 9.74. The monoisotopic (exact) mass is 441 g/mol. The second-order valence-electron chi connectivity index (χ2n) is 7.48. The Morgan fingerprint density at radius 1 is 1.21 bits per heavy atom. The number of rotatable bonds is 4. The van der Waals surface area contributed by atoms with Crippen molar-refractivity contribution < 1.29 is 9.21 Å². The van der Waals surface area contributed by atoms with Crippen molar-refractivity contribution in [3.8, 4) is 0 Å². The van der Waals surface area contributed by atoms with Gasteiger partial charge in [-0.15, -0.1) is 0 Å². The number of furan rings is 1. The maximum absolute atomic E-state index is 12.4. The van der Waals surface area contributed by atoms with Crippen molar-refractivity contribution in [3.63, 3.8) is 0 Å². The molecule has 0 unspecified atom stereocenters. The van der Waals surface area contributed by atoms with Crippen LogP contribution in [0.25, 0.3) is 11.0 Å². The maximum atomic E-state index is 12.4. The Hall–Kier alpha value is -2.34. The number of benzene rings is 1. The van der Waals surface area contributed by atoms with E-state index < -0.39 is 0 Å². The Bertz CT molecular complexity index is 1040. The summed E-state index contributed by atoms with van der Waals surface area (Å²) in [6.07, 6.45) is 8.15. The summed E-state index contributed by atoms with van der Waals surface area (Å²) in [5, 5.41) is 5.03. The van der Waals surface area contributed by atoms with Crippen LogP contribution < -0.4 is 5.43 Å². The molecule has 1 fully saturated rings. The molecule has 5 nitrogen and oxygen atoms in total. The fourth-order valence-corrected chi connectivity index (χ4v) is 4.55. The average molecular weight is 442 g/mol. The first-order chi connectivity index (χ1) is 13.5. The summed E-state index contributed by atoms with van der Waals surface area (Å²) in [6, 6.07) is 10.1. The number of carbonyl (C=O) groups is 1. The van der Waals surface area contributed by atoms with E-state index in [1.54, 1.807) is 12.3 Å². The van der Waals surface area contributed by atoms with Crippen LogP contribution in [0.1, 0.15) is 65.7 Å². The zero-order valence-corrected chi connectivity index (χ0v) is 17.8. The molecule has 0 atom stereocenters. The molecule has 0 radical (unpaired) electrons. The van der Waals surface area contributed by atoms with E-state index in [2.05, 4.69) is 50.9 Å². The van der Waals surface area contributed by atoms with E-state index >= 15 is 0 Å². The van der Waals surface area contributed by atoms with Crippen molar-refractivity contribution in [3.05, 3.63) is 57.5 Å². The van der Waals surface area contributed by atoms with Crippen LogP contribution >= 0.6 is 15.9 Å². The van der Waals surface area contributed by atoms with Crippen LogP contribution in [0.2, 0.25) is 0 Å². The molecular weight excluding hydrogens is 418 g/mol. The molecule has 1 aromatic carbocycles. The van der Waals surface area contributed by atoms with Crippen molar-refractivity contribution in [2.75, 3.05) is 0 Å². The highest BCUT2D eigenvalue weighted by molar-refractivity contribution is 9.10. The molecule has 1 N–H and O–H groups in total. The van der Waals surface area contributed by atoms with E-state index in [0.717, 1.165) is 15.4 Å². The number of hydrazone groups is 1. The minimum atomic E-state index is -0.357. The van der Waals surface area contributed by atoms with E-state index in [1.165, 1.54) is 43.5 Å². The number of fused-ring (bicyclic) bond motifs is 1. The Morgan fingerprint density at radius 2 is 2.00 bits per heavy atom. The molecule has 28 heavy (non-hydrogen) atoms. The molecule has 3 aromatic rings. The number of carbonyl (C=O) groups excluding carboxylic acids is 1. The Labute approximate surface area is 172 Å². The predicted octanol–water partition coefficient (Wildman–Crippen LogP) is 5.88. The molecule has 1 aliphatic carbocycles. The summed E-state index contributed by atoms with van der Waals surface area (Å²) in [7, 11) is 0. The highest BCUT2D eigenvalue weighted by atomic mass is 79.9. The van der Waals surface area contributed by atoms with Gasteiger partial charge in [0, 0.05) is 32.9 Å². The van der Waals surface area contributed by atoms with Gasteiger partial charge in [0.25, 0.3) is 0 Å². The van der Waals surface area contributed by atoms with Crippen molar-refractivity contribution in [2.45, 2.75) is 52.0 Å². The Balaban J connectivity index is 1.47. The molecule has 146 valence electrons. The molecule has 2 heterocycles. The van der Waals surface area contributed by atoms with Gasteiger partial charge in [-0.2, -0.15) is 5.10 Å². The third-order valence-electron chi connectivity index (χ3n) is 5.54. The number of hydrogen-bond donors (Lipinski definition) is 1. The zero-order chi connectivity index (χ0) is 19.7. The standard InChI is InChI=1S/C22H24BrN3O2/c1-14-10-17(15(2)26(14)19-6-4-3-5-7-19)13-24-25-22(27)21-12-16-11-18(23)8-9-20(16)28-21/h8-13,19H,3-7H2,1-2H3,(H,25,27)/b24-13+. The summed E-state index contributed by atoms with van der Waals surface area (Å²) in [6.45, 7) is 4.27. The third kappa shape index (κ3) is 3.78. The number of amides is 1. The Kier molecular flexibility index (Phi) is 5.40. The van der Waals surface area contributed by atoms with E-state index in [-0.39, 0.29) is 11.7 Å². The summed E-state index contributed by atoms with van der Waals surface area (Å²) in [5.74, 6) is -0.109. The predicted molar refractivity (Wildman–Crippen MR) is 115 cm³/mol. The van der Waals surface area contributed by atoms with Crippen LogP contribution in [-0.2, 0) is 0 Å². The maximum Gasteiger partial charge on any atom is 0.307 e. The summed E-state index contributed by atoms with van der Waals surface area (Å²) in [5.41, 5.74) is 6.74. The van der Waals surface area contributed by atoms with Crippen molar-refractivity contribution >= 4 is 39.0 Å². The second kappa shape index (κ2) is 7.95. The number of nitrogens with one attached hydrogen (secondary N) is 1. The van der Waals surface area contributed by atoms with Gasteiger partial charge in [0.15, 0.2) is 5.76 Å². The van der Waals surface area contributed by atoms with Crippen LogP contribution in [0.15, 0.2) is 44.3 Å². The molecule has 1 amide bonds. The van der Waals surface area contributed by atoms with Gasteiger partial charge in [0.2, 0.25) is 0 Å². The van der Waals surface area contributed by atoms with Crippen molar-refractivity contribution in [1.29, 1.82) is 0 Å². The number of aryl methyl sites for hydroxylation is 1. The largest absolute Gasteiger partial charge is 0.451 e. The first kappa shape index (κ1) is 19.0. The van der Waals surface area contributed by atoms with Crippen LogP contribution in [0.4, 0.5) is 0 Å². The van der Waals surface area contributed by atoms with Crippen LogP contribution in [0.5, 0.6) is 0 Å². The molecule has 6 heteroatoms. The molecule has 0 aliphatic heterocycles. The quantitative estimate of drug-likeness (QED) is 0.405. The molecule has 1 saturated carbocycles. The van der Waals surface area contributed by atoms with Crippen LogP contribution in [-0.4, -0.2) is 16.7 Å². The van der Waals surface area contributed by atoms with Gasteiger partial charge >= 0.3 is 5.91 Å². The van der Waals surface area contributed by atoms with Crippen molar-refractivity contribution in [1.82, 2.24) is 9.99 Å². The number of aromatic nitrogens is 1. The minimum absolute atomic E-state index is 0.248. The van der Waals surface area contributed by atoms with Gasteiger partial charge in [0.1, 0.15) is 5.58 Å². The molecule has 0 spiro atoms. The Morgan fingerprint density at radius 3 is 2.79 bits per heavy atom. The smallest absolute Gasteiger partial charge is 0.307 e. The van der Waals surface area contributed by atoms with E-state index in [9.17, 15) is 4.79 Å². The summed E-state index contributed by atoms with van der Waals surface area (Å²) < 4.78 is 8.98. The molecular formula is C22H24BrN3O2. The summed E-state index contributed by atoms with van der Waals surface area (Å²) in [4.78, 5) is 12.4. The topological polar surface area (TPSA) is 59.5 Å². The number of hydrogen-bond acceptors (Lipinski definition) is 3. The second-order valence-corrected chi connectivity index (χ2v) is 8.40. The molecule has 2 aromatic heterocycles. The van der Waals surface area contributed by atoms with E-state index in [0.29, 0.717) is 11.6 Å². The van der Waals surface area contributed by atoms with Crippen LogP contribution in [0, 0.1) is 13.8 Å². The lowest BCUT2D eigenvalue weighted by Gasteiger charge is -2.26. The van der Waals surface area contributed by atoms with Gasteiger partial charge in [-0.1, -0.05) is 35.2 Å². The minimum Gasteiger partial charge on any atom is -0.451 e. The van der Waals surface area contributed by atoms with Crippen LogP contribution in [0.3, 0.4) is 0 Å². The fraction of sp³-hybridized carbons (Fsp3) is 0.364. The number of nitrogens with zero attached hydrogens (tertiary/aromatic N) is 2. The molecule has 1 aliphatic rings. The number of halogens is 1.